The maximum absolute atomic E-state index is 10.5. The Morgan fingerprint density at radius 1 is 1.60 bits per heavy atom. The van der Waals surface area contributed by atoms with Gasteiger partial charge in [-0.3, -0.25) is 10.1 Å². The second-order valence-electron chi connectivity index (χ2n) is 3.32. The van der Waals surface area contributed by atoms with Gasteiger partial charge in [0.1, 0.15) is 5.75 Å². The van der Waals surface area contributed by atoms with E-state index in [4.69, 9.17) is 16.3 Å². The van der Waals surface area contributed by atoms with Crippen LogP contribution in [0, 0.1) is 16.0 Å². The van der Waals surface area contributed by atoms with E-state index in [0.717, 1.165) is 0 Å². The largest absolute Gasteiger partial charge is 0.493 e. The Balaban J connectivity index is 2.62. The lowest BCUT2D eigenvalue weighted by molar-refractivity contribution is -0.384. The molecular formula is C10H12ClNO3. The third-order valence-corrected chi connectivity index (χ3v) is 2.35. The lowest BCUT2D eigenvalue weighted by atomic mass is 10.2. The number of nitrogens with zero attached hydrogens (tertiary/aromatic N) is 1. The number of rotatable bonds is 5. The van der Waals surface area contributed by atoms with Crippen LogP contribution in [0.3, 0.4) is 0 Å². The highest BCUT2D eigenvalue weighted by atomic mass is 35.5. The first-order valence-corrected chi connectivity index (χ1v) is 5.10. The Labute approximate surface area is 93.0 Å². The van der Waals surface area contributed by atoms with Gasteiger partial charge in [-0.2, -0.15) is 0 Å². The van der Waals surface area contributed by atoms with Crippen molar-refractivity contribution >= 4 is 17.3 Å². The summed E-state index contributed by atoms with van der Waals surface area (Å²) in [6.45, 7) is 2.41. The van der Waals surface area contributed by atoms with E-state index in [1.807, 2.05) is 6.92 Å². The summed E-state index contributed by atoms with van der Waals surface area (Å²) < 4.78 is 5.36. The zero-order valence-electron chi connectivity index (χ0n) is 8.35. The summed E-state index contributed by atoms with van der Waals surface area (Å²) in [6, 6.07) is 6.12. The fourth-order valence-corrected chi connectivity index (χ4v) is 1.06. The maximum Gasteiger partial charge on any atom is 0.273 e. The van der Waals surface area contributed by atoms with Crippen LogP contribution in [-0.4, -0.2) is 17.4 Å². The molecule has 1 aromatic carbocycles. The van der Waals surface area contributed by atoms with Crippen molar-refractivity contribution in [3.63, 3.8) is 0 Å². The van der Waals surface area contributed by atoms with Gasteiger partial charge >= 0.3 is 0 Å². The number of hydrogen-bond donors (Lipinski definition) is 0. The number of benzene rings is 1. The quantitative estimate of drug-likeness (QED) is 0.443. The van der Waals surface area contributed by atoms with Gasteiger partial charge in [-0.05, 0) is 6.07 Å². The monoisotopic (exact) mass is 229 g/mol. The van der Waals surface area contributed by atoms with E-state index in [9.17, 15) is 10.1 Å². The smallest absolute Gasteiger partial charge is 0.273 e. The second kappa shape index (κ2) is 5.56. The topological polar surface area (TPSA) is 52.4 Å². The zero-order valence-corrected chi connectivity index (χ0v) is 9.11. The molecule has 0 N–H and O–H groups in total. The van der Waals surface area contributed by atoms with Gasteiger partial charge in [0.25, 0.3) is 5.69 Å². The predicted octanol–water partition coefficient (Wildman–Crippen LogP) is 2.85. The minimum Gasteiger partial charge on any atom is -0.493 e. The molecule has 0 amide bonds. The molecule has 0 aliphatic carbocycles. The highest BCUT2D eigenvalue weighted by Gasteiger charge is 2.07. The highest BCUT2D eigenvalue weighted by molar-refractivity contribution is 6.18. The molecule has 1 rings (SSSR count). The van der Waals surface area contributed by atoms with Gasteiger partial charge < -0.3 is 4.74 Å². The lowest BCUT2D eigenvalue weighted by Crippen LogP contribution is -2.09. The summed E-state index contributed by atoms with van der Waals surface area (Å²) in [5, 5.41) is 10.5. The molecule has 0 radical (unpaired) electrons. The van der Waals surface area contributed by atoms with Crippen molar-refractivity contribution < 1.29 is 9.66 Å². The Hall–Kier alpha value is -1.29. The van der Waals surface area contributed by atoms with Gasteiger partial charge in [-0.25, -0.2) is 0 Å². The van der Waals surface area contributed by atoms with Gasteiger partial charge in [0.15, 0.2) is 0 Å². The van der Waals surface area contributed by atoms with Crippen LogP contribution in [0.25, 0.3) is 0 Å². The van der Waals surface area contributed by atoms with Crippen molar-refractivity contribution in [2.75, 3.05) is 12.5 Å². The van der Waals surface area contributed by atoms with E-state index in [1.54, 1.807) is 12.1 Å². The number of halogens is 1. The molecule has 0 aromatic heterocycles. The number of non-ortho nitro benzene ring substituents is 1. The highest BCUT2D eigenvalue weighted by Crippen LogP contribution is 2.19. The van der Waals surface area contributed by atoms with Crippen molar-refractivity contribution in [2.45, 2.75) is 6.92 Å². The third-order valence-electron chi connectivity index (χ3n) is 1.83. The summed E-state index contributed by atoms with van der Waals surface area (Å²) in [5.74, 6) is 1.24. The molecule has 82 valence electrons. The average Bonchev–Trinajstić information content (AvgIpc) is 2.26. The summed E-state index contributed by atoms with van der Waals surface area (Å²) in [4.78, 5) is 10.0. The van der Waals surface area contributed by atoms with Crippen molar-refractivity contribution in [3.8, 4) is 5.75 Å². The first-order chi connectivity index (χ1) is 7.13. The summed E-state index contributed by atoms with van der Waals surface area (Å²) >= 11 is 5.61. The molecule has 5 heteroatoms. The van der Waals surface area contributed by atoms with Crippen molar-refractivity contribution in [1.29, 1.82) is 0 Å². The van der Waals surface area contributed by atoms with E-state index in [2.05, 4.69) is 0 Å². The minimum atomic E-state index is -0.447. The van der Waals surface area contributed by atoms with E-state index >= 15 is 0 Å². The molecule has 0 spiro atoms. The fourth-order valence-electron chi connectivity index (χ4n) is 0.970. The zero-order chi connectivity index (χ0) is 11.3. The average molecular weight is 230 g/mol. The molecule has 1 aromatic rings. The van der Waals surface area contributed by atoms with Gasteiger partial charge in [0.05, 0.1) is 17.6 Å². The molecule has 15 heavy (non-hydrogen) atoms. The normalized spacial score (nSPS) is 12.1. The molecule has 4 nitrogen and oxygen atoms in total. The minimum absolute atomic E-state index is 0.0334. The van der Waals surface area contributed by atoms with E-state index in [1.165, 1.54) is 12.1 Å². The van der Waals surface area contributed by atoms with Crippen LogP contribution in [-0.2, 0) is 0 Å². The molecule has 0 aliphatic rings. The number of alkyl halides is 1. The molecule has 1 unspecified atom stereocenters. The van der Waals surface area contributed by atoms with Crippen LogP contribution in [0.1, 0.15) is 6.92 Å². The molecule has 0 heterocycles. The molecule has 1 atom stereocenters. The third kappa shape index (κ3) is 3.75. The van der Waals surface area contributed by atoms with Crippen molar-refractivity contribution in [2.24, 2.45) is 5.92 Å². The molecule has 0 saturated carbocycles. The number of nitro benzene ring substituents is 1. The Morgan fingerprint density at radius 3 is 2.93 bits per heavy atom. The van der Waals surface area contributed by atoms with Crippen LogP contribution in [0.4, 0.5) is 5.69 Å². The fraction of sp³-hybridized carbons (Fsp3) is 0.400. The van der Waals surface area contributed by atoms with E-state index in [0.29, 0.717) is 18.2 Å². The Morgan fingerprint density at radius 2 is 2.33 bits per heavy atom. The Kier molecular flexibility index (Phi) is 4.37. The summed E-state index contributed by atoms with van der Waals surface area (Å²) in [5.41, 5.74) is 0.0334. The van der Waals surface area contributed by atoms with Gasteiger partial charge in [0, 0.05) is 17.9 Å². The van der Waals surface area contributed by atoms with Crippen LogP contribution in [0.15, 0.2) is 24.3 Å². The predicted molar refractivity (Wildman–Crippen MR) is 58.5 cm³/mol. The first kappa shape index (κ1) is 11.8. The standard InChI is InChI=1S/C10H12ClNO3/c1-8(6-11)7-15-10-4-2-3-9(5-10)12(13)14/h2-5,8H,6-7H2,1H3. The molecule has 0 aliphatic heterocycles. The van der Waals surface area contributed by atoms with Crippen molar-refractivity contribution in [1.82, 2.24) is 0 Å². The molecular weight excluding hydrogens is 218 g/mol. The number of nitro groups is 1. The lowest BCUT2D eigenvalue weighted by Gasteiger charge is -2.09. The second-order valence-corrected chi connectivity index (χ2v) is 3.63. The van der Waals surface area contributed by atoms with Crippen LogP contribution < -0.4 is 4.74 Å². The van der Waals surface area contributed by atoms with Gasteiger partial charge in [-0.1, -0.05) is 13.0 Å². The maximum atomic E-state index is 10.5. The van der Waals surface area contributed by atoms with E-state index in [-0.39, 0.29) is 11.6 Å². The molecule has 0 bridgehead atoms. The first-order valence-electron chi connectivity index (χ1n) is 4.56. The van der Waals surface area contributed by atoms with Crippen LogP contribution in [0.5, 0.6) is 5.75 Å². The Bertz CT molecular complexity index is 343. The van der Waals surface area contributed by atoms with Crippen LogP contribution in [0.2, 0.25) is 0 Å². The van der Waals surface area contributed by atoms with Gasteiger partial charge in [0.2, 0.25) is 0 Å². The summed E-state index contributed by atoms with van der Waals surface area (Å²) in [7, 11) is 0. The molecule has 0 fully saturated rings. The van der Waals surface area contributed by atoms with E-state index < -0.39 is 4.92 Å². The molecule has 0 saturated heterocycles. The SMILES string of the molecule is CC(CCl)COc1cccc([N+](=O)[O-])c1. The van der Waals surface area contributed by atoms with Crippen molar-refractivity contribution in [3.05, 3.63) is 34.4 Å². The summed E-state index contributed by atoms with van der Waals surface area (Å²) in [6.07, 6.45) is 0. The van der Waals surface area contributed by atoms with Gasteiger partial charge in [-0.15, -0.1) is 11.6 Å². The number of hydrogen-bond acceptors (Lipinski definition) is 3. The van der Waals surface area contributed by atoms with Crippen LogP contribution >= 0.6 is 11.6 Å². The number of ether oxygens (including phenoxy) is 1.